The maximum atomic E-state index is 12.1. The first-order valence-corrected chi connectivity index (χ1v) is 6.34. The van der Waals surface area contributed by atoms with Gasteiger partial charge < -0.3 is 11.1 Å². The van der Waals surface area contributed by atoms with Gasteiger partial charge in [0.25, 0.3) is 0 Å². The zero-order chi connectivity index (χ0) is 13.8. The number of carbonyl (C=O) groups excluding carboxylic acids is 1. The van der Waals surface area contributed by atoms with E-state index in [-0.39, 0.29) is 5.91 Å². The largest absolute Gasteiger partial charge is 0.324 e. The van der Waals surface area contributed by atoms with Crippen LogP contribution < -0.4 is 11.1 Å². The van der Waals surface area contributed by atoms with Gasteiger partial charge in [0.15, 0.2) is 0 Å². The van der Waals surface area contributed by atoms with Crippen molar-refractivity contribution in [1.29, 1.82) is 0 Å². The number of benzene rings is 2. The molecular weight excluding hydrogens is 260 g/mol. The molecular formula is C15H15ClN2O. The second-order valence-corrected chi connectivity index (χ2v) is 4.70. The van der Waals surface area contributed by atoms with Gasteiger partial charge in [-0.1, -0.05) is 48.0 Å². The van der Waals surface area contributed by atoms with E-state index in [2.05, 4.69) is 5.32 Å². The molecule has 1 atom stereocenters. The minimum Gasteiger partial charge on any atom is -0.324 e. The van der Waals surface area contributed by atoms with Crippen molar-refractivity contribution in [2.75, 3.05) is 5.32 Å². The predicted molar refractivity (Wildman–Crippen MR) is 78.2 cm³/mol. The van der Waals surface area contributed by atoms with Crippen LogP contribution in [-0.2, 0) is 4.79 Å². The molecule has 0 saturated heterocycles. The van der Waals surface area contributed by atoms with Crippen LogP contribution in [0.3, 0.4) is 0 Å². The second-order valence-electron chi connectivity index (χ2n) is 4.29. The molecule has 3 nitrogen and oxygen atoms in total. The number of nitrogens with one attached hydrogen (secondary N) is 1. The normalized spacial score (nSPS) is 11.9. The molecule has 2 rings (SSSR count). The minimum absolute atomic E-state index is 0.253. The van der Waals surface area contributed by atoms with Crippen molar-refractivity contribution in [3.8, 4) is 0 Å². The Morgan fingerprint density at radius 1 is 1.16 bits per heavy atom. The first-order valence-electron chi connectivity index (χ1n) is 5.96. The Kier molecular flexibility index (Phi) is 4.20. The highest BCUT2D eigenvalue weighted by atomic mass is 35.5. The number of carbonyl (C=O) groups is 1. The van der Waals surface area contributed by atoms with Crippen molar-refractivity contribution in [3.63, 3.8) is 0 Å². The summed E-state index contributed by atoms with van der Waals surface area (Å²) in [5, 5.41) is 3.42. The van der Waals surface area contributed by atoms with Gasteiger partial charge in [-0.15, -0.1) is 0 Å². The van der Waals surface area contributed by atoms with Gasteiger partial charge in [0.2, 0.25) is 5.91 Å². The summed E-state index contributed by atoms with van der Waals surface area (Å²) in [6.45, 7) is 1.85. The van der Waals surface area contributed by atoms with E-state index in [1.165, 1.54) is 0 Å². The monoisotopic (exact) mass is 274 g/mol. The topological polar surface area (TPSA) is 55.1 Å². The lowest BCUT2D eigenvalue weighted by Crippen LogP contribution is -2.27. The van der Waals surface area contributed by atoms with Gasteiger partial charge in [0, 0.05) is 10.7 Å². The summed E-state index contributed by atoms with van der Waals surface area (Å²) in [5.74, 6) is -0.253. The molecule has 0 aliphatic carbocycles. The summed E-state index contributed by atoms with van der Waals surface area (Å²) in [7, 11) is 0. The molecule has 0 unspecified atom stereocenters. The summed E-state index contributed by atoms with van der Waals surface area (Å²) in [6.07, 6.45) is 0. The predicted octanol–water partition coefficient (Wildman–Crippen LogP) is 3.29. The van der Waals surface area contributed by atoms with Gasteiger partial charge >= 0.3 is 0 Å². The second kappa shape index (κ2) is 5.87. The van der Waals surface area contributed by atoms with Gasteiger partial charge in [0.05, 0.1) is 0 Å². The summed E-state index contributed by atoms with van der Waals surface area (Å²) in [4.78, 5) is 12.1. The first-order chi connectivity index (χ1) is 9.09. The van der Waals surface area contributed by atoms with E-state index >= 15 is 0 Å². The Morgan fingerprint density at radius 2 is 1.84 bits per heavy atom. The van der Waals surface area contributed by atoms with Crippen LogP contribution in [0.2, 0.25) is 5.02 Å². The number of halogens is 1. The number of anilines is 1. The van der Waals surface area contributed by atoms with Gasteiger partial charge in [-0.3, -0.25) is 4.79 Å². The van der Waals surface area contributed by atoms with E-state index in [1.54, 1.807) is 18.2 Å². The smallest absolute Gasteiger partial charge is 0.245 e. The highest BCUT2D eigenvalue weighted by molar-refractivity contribution is 6.31. The first kappa shape index (κ1) is 13.6. The van der Waals surface area contributed by atoms with Crippen molar-refractivity contribution >= 4 is 23.2 Å². The Morgan fingerprint density at radius 3 is 2.53 bits per heavy atom. The fraction of sp³-hybridized carbons (Fsp3) is 0.133. The van der Waals surface area contributed by atoms with Crippen LogP contribution >= 0.6 is 11.6 Å². The van der Waals surface area contributed by atoms with Crippen LogP contribution in [0.5, 0.6) is 0 Å². The standard InChI is InChI=1S/C15H15ClN2O/c1-10-12(16)8-5-9-13(10)18-15(19)14(17)11-6-3-2-4-7-11/h2-9,14H,17H2,1H3,(H,18,19)/t14-/m0/s1. The zero-order valence-electron chi connectivity index (χ0n) is 10.6. The molecule has 0 aliphatic heterocycles. The van der Waals surface area contributed by atoms with Gasteiger partial charge in [-0.05, 0) is 30.2 Å². The van der Waals surface area contributed by atoms with Crippen molar-refractivity contribution in [1.82, 2.24) is 0 Å². The molecule has 0 radical (unpaired) electrons. The lowest BCUT2D eigenvalue weighted by atomic mass is 10.1. The quantitative estimate of drug-likeness (QED) is 0.902. The maximum Gasteiger partial charge on any atom is 0.245 e. The Hall–Kier alpha value is -1.84. The van der Waals surface area contributed by atoms with Crippen LogP contribution in [0.4, 0.5) is 5.69 Å². The third-order valence-electron chi connectivity index (χ3n) is 2.97. The number of hydrogen-bond acceptors (Lipinski definition) is 2. The average Bonchev–Trinajstić information content (AvgIpc) is 2.44. The molecule has 19 heavy (non-hydrogen) atoms. The fourth-order valence-electron chi connectivity index (χ4n) is 1.77. The van der Waals surface area contributed by atoms with Gasteiger partial charge in [-0.25, -0.2) is 0 Å². The van der Waals surface area contributed by atoms with Crippen LogP contribution in [0.25, 0.3) is 0 Å². The molecule has 0 spiro atoms. The molecule has 0 heterocycles. The van der Waals surface area contributed by atoms with E-state index in [9.17, 15) is 4.79 Å². The van der Waals surface area contributed by atoms with Crippen LogP contribution in [0.15, 0.2) is 48.5 Å². The highest BCUT2D eigenvalue weighted by Crippen LogP contribution is 2.23. The van der Waals surface area contributed by atoms with Crippen molar-refractivity contribution in [2.45, 2.75) is 13.0 Å². The highest BCUT2D eigenvalue weighted by Gasteiger charge is 2.16. The number of nitrogens with two attached hydrogens (primary N) is 1. The summed E-state index contributed by atoms with van der Waals surface area (Å²) in [5.41, 5.74) is 8.22. The number of hydrogen-bond donors (Lipinski definition) is 2. The van der Waals surface area contributed by atoms with Crippen molar-refractivity contribution < 1.29 is 4.79 Å². The molecule has 2 aromatic rings. The molecule has 4 heteroatoms. The van der Waals surface area contributed by atoms with Crippen LogP contribution in [-0.4, -0.2) is 5.91 Å². The van der Waals surface area contributed by atoms with E-state index in [0.29, 0.717) is 10.7 Å². The van der Waals surface area contributed by atoms with Crippen molar-refractivity contribution in [2.24, 2.45) is 5.73 Å². The summed E-state index contributed by atoms with van der Waals surface area (Å²) < 4.78 is 0. The molecule has 98 valence electrons. The van der Waals surface area contributed by atoms with E-state index in [0.717, 1.165) is 11.1 Å². The number of rotatable bonds is 3. The molecule has 2 aromatic carbocycles. The molecule has 0 bridgehead atoms. The molecule has 1 amide bonds. The minimum atomic E-state index is -0.695. The SMILES string of the molecule is Cc1c(Cl)cccc1NC(=O)[C@@H](N)c1ccccc1. The van der Waals surface area contributed by atoms with E-state index in [1.807, 2.05) is 37.3 Å². The van der Waals surface area contributed by atoms with Gasteiger partial charge in [-0.2, -0.15) is 0 Å². The molecule has 0 saturated carbocycles. The molecule has 0 aliphatic rings. The number of amides is 1. The van der Waals surface area contributed by atoms with E-state index in [4.69, 9.17) is 17.3 Å². The maximum absolute atomic E-state index is 12.1. The summed E-state index contributed by atoms with van der Waals surface area (Å²) >= 11 is 6.01. The summed E-state index contributed by atoms with van der Waals surface area (Å²) in [6, 6.07) is 13.9. The third kappa shape index (κ3) is 3.13. The van der Waals surface area contributed by atoms with Crippen LogP contribution in [0.1, 0.15) is 17.2 Å². The lowest BCUT2D eigenvalue weighted by molar-refractivity contribution is -0.117. The average molecular weight is 275 g/mol. The fourth-order valence-corrected chi connectivity index (χ4v) is 1.94. The lowest BCUT2D eigenvalue weighted by Gasteiger charge is -2.14. The Bertz CT molecular complexity index is 584. The van der Waals surface area contributed by atoms with Crippen LogP contribution in [0, 0.1) is 6.92 Å². The molecule has 0 aromatic heterocycles. The third-order valence-corrected chi connectivity index (χ3v) is 3.38. The zero-order valence-corrected chi connectivity index (χ0v) is 11.3. The Balaban J connectivity index is 2.15. The molecule has 0 fully saturated rings. The van der Waals surface area contributed by atoms with E-state index < -0.39 is 6.04 Å². The Labute approximate surface area is 117 Å². The molecule has 3 N–H and O–H groups in total. The van der Waals surface area contributed by atoms with Gasteiger partial charge in [0.1, 0.15) is 6.04 Å². The van der Waals surface area contributed by atoms with Crippen molar-refractivity contribution in [3.05, 3.63) is 64.7 Å².